The summed E-state index contributed by atoms with van der Waals surface area (Å²) in [6.07, 6.45) is 0. The van der Waals surface area contributed by atoms with E-state index in [1.165, 1.54) is 16.7 Å². The molecule has 0 radical (unpaired) electrons. The summed E-state index contributed by atoms with van der Waals surface area (Å²) >= 11 is 25.3. The lowest BCUT2D eigenvalue weighted by molar-refractivity contribution is -0.113. The minimum atomic E-state index is -0.352. The molecule has 5 nitrogen and oxygen atoms in total. The van der Waals surface area contributed by atoms with Crippen LogP contribution in [-0.2, 0) is 4.79 Å². The van der Waals surface area contributed by atoms with E-state index in [-0.39, 0.29) is 32.3 Å². The highest BCUT2D eigenvalue weighted by Gasteiger charge is 2.16. The maximum Gasteiger partial charge on any atom is 0.266 e. The first-order valence-corrected chi connectivity index (χ1v) is 11.7. The van der Waals surface area contributed by atoms with E-state index in [0.29, 0.717) is 32.5 Å². The van der Waals surface area contributed by atoms with Crippen LogP contribution in [0.1, 0.15) is 0 Å². The predicted octanol–water partition coefficient (Wildman–Crippen LogP) is 6.73. The summed E-state index contributed by atoms with van der Waals surface area (Å²) in [6.45, 7) is 0. The lowest BCUT2D eigenvalue weighted by atomic mass is 10.2. The van der Waals surface area contributed by atoms with Crippen LogP contribution in [0.3, 0.4) is 0 Å². The molecule has 1 amide bonds. The standard InChI is InChI=1S/C22H13Cl4N3O2S/c23-12-4-3-5-13(8-12)29-21(31)14-6-1-2-7-18(14)28-22(29)32-11-20(30)27-19-10-16(25)15(24)9-17(19)26/h1-10H,11H2,(H,27,30). The SMILES string of the molecule is O=C(CSc1nc2ccccc2c(=O)n1-c1cccc(Cl)c1)Nc1cc(Cl)c(Cl)cc1Cl. The number of fused-ring (bicyclic) bond motifs is 1. The van der Waals surface area contributed by atoms with Gasteiger partial charge in [0.25, 0.3) is 5.56 Å². The topological polar surface area (TPSA) is 64.0 Å². The number of hydrogen-bond donors (Lipinski definition) is 1. The van der Waals surface area contributed by atoms with Crippen LogP contribution in [0.25, 0.3) is 16.6 Å². The largest absolute Gasteiger partial charge is 0.324 e. The number of carbonyl (C=O) groups is 1. The molecule has 0 aliphatic carbocycles. The minimum absolute atomic E-state index is 0.0259. The van der Waals surface area contributed by atoms with Crippen LogP contribution in [0, 0.1) is 0 Å². The van der Waals surface area contributed by atoms with Crippen molar-refractivity contribution in [2.24, 2.45) is 0 Å². The molecule has 0 unspecified atom stereocenters. The molecule has 4 rings (SSSR count). The van der Waals surface area contributed by atoms with Gasteiger partial charge in [-0.1, -0.05) is 76.4 Å². The average molecular weight is 525 g/mol. The van der Waals surface area contributed by atoms with Crippen molar-refractivity contribution in [3.63, 3.8) is 0 Å². The number of amides is 1. The fourth-order valence-corrected chi connectivity index (χ4v) is 4.58. The first-order valence-electron chi connectivity index (χ1n) is 9.18. The van der Waals surface area contributed by atoms with Crippen LogP contribution in [0.15, 0.2) is 70.6 Å². The van der Waals surface area contributed by atoms with E-state index in [4.69, 9.17) is 46.4 Å². The third kappa shape index (κ3) is 4.90. The van der Waals surface area contributed by atoms with Crippen molar-refractivity contribution in [1.82, 2.24) is 9.55 Å². The first-order chi connectivity index (χ1) is 15.3. The lowest BCUT2D eigenvalue weighted by Crippen LogP contribution is -2.23. The van der Waals surface area contributed by atoms with E-state index in [1.54, 1.807) is 48.5 Å². The number of benzene rings is 3. The Bertz CT molecular complexity index is 1410. The third-order valence-electron chi connectivity index (χ3n) is 4.43. The Morgan fingerprint density at radius 2 is 1.69 bits per heavy atom. The molecule has 10 heteroatoms. The van der Waals surface area contributed by atoms with Crippen LogP contribution in [-0.4, -0.2) is 21.2 Å². The lowest BCUT2D eigenvalue weighted by Gasteiger charge is -2.14. The number of carbonyl (C=O) groups excluding carboxylic acids is 1. The van der Waals surface area contributed by atoms with Crippen LogP contribution in [0.5, 0.6) is 0 Å². The number of aromatic nitrogens is 2. The quantitative estimate of drug-likeness (QED) is 0.178. The molecule has 4 aromatic rings. The molecule has 0 bridgehead atoms. The molecule has 162 valence electrons. The van der Waals surface area contributed by atoms with Crippen molar-refractivity contribution >= 4 is 80.7 Å². The zero-order valence-electron chi connectivity index (χ0n) is 16.1. The van der Waals surface area contributed by atoms with Gasteiger partial charge in [-0.3, -0.25) is 14.2 Å². The zero-order valence-corrected chi connectivity index (χ0v) is 20.0. The van der Waals surface area contributed by atoms with Gasteiger partial charge in [-0.2, -0.15) is 0 Å². The highest BCUT2D eigenvalue weighted by molar-refractivity contribution is 7.99. The van der Waals surface area contributed by atoms with Crippen molar-refractivity contribution < 1.29 is 4.79 Å². The van der Waals surface area contributed by atoms with Gasteiger partial charge in [0.2, 0.25) is 5.91 Å². The number of rotatable bonds is 5. The minimum Gasteiger partial charge on any atom is -0.324 e. The maximum absolute atomic E-state index is 13.2. The second-order valence-electron chi connectivity index (χ2n) is 6.61. The molecule has 3 aromatic carbocycles. The van der Waals surface area contributed by atoms with Gasteiger partial charge in [0.05, 0.1) is 43.1 Å². The van der Waals surface area contributed by atoms with Crippen molar-refractivity contribution in [2.45, 2.75) is 5.16 Å². The average Bonchev–Trinajstić information content (AvgIpc) is 2.76. The van der Waals surface area contributed by atoms with E-state index in [9.17, 15) is 9.59 Å². The molecule has 32 heavy (non-hydrogen) atoms. The summed E-state index contributed by atoms with van der Waals surface area (Å²) in [6, 6.07) is 16.8. The molecule has 0 spiro atoms. The monoisotopic (exact) mass is 523 g/mol. The molecule has 0 atom stereocenters. The van der Waals surface area contributed by atoms with Crippen molar-refractivity contribution in [1.29, 1.82) is 0 Å². The van der Waals surface area contributed by atoms with Gasteiger partial charge < -0.3 is 5.32 Å². The van der Waals surface area contributed by atoms with Crippen LogP contribution in [0.4, 0.5) is 5.69 Å². The summed E-state index contributed by atoms with van der Waals surface area (Å²) in [5.41, 5.74) is 1.17. The van der Waals surface area contributed by atoms with E-state index < -0.39 is 0 Å². The second kappa shape index (κ2) is 9.73. The molecule has 1 N–H and O–H groups in total. The molecule has 0 saturated carbocycles. The normalized spacial score (nSPS) is 11.0. The summed E-state index contributed by atoms with van der Waals surface area (Å²) in [7, 11) is 0. The Kier molecular flexibility index (Phi) is 6.98. The first kappa shape index (κ1) is 23.0. The Labute approximate surface area is 207 Å². The maximum atomic E-state index is 13.2. The zero-order chi connectivity index (χ0) is 22.8. The molecule has 0 aliphatic rings. The van der Waals surface area contributed by atoms with Gasteiger partial charge in [0.1, 0.15) is 0 Å². The van der Waals surface area contributed by atoms with Crippen LogP contribution in [0.2, 0.25) is 20.1 Å². The summed E-state index contributed by atoms with van der Waals surface area (Å²) in [5.74, 6) is -0.377. The molecule has 0 saturated heterocycles. The molecular formula is C22H13Cl4N3O2S. The van der Waals surface area contributed by atoms with Gasteiger partial charge in [-0.05, 0) is 42.5 Å². The molecule has 0 fully saturated rings. The predicted molar refractivity (Wildman–Crippen MR) is 133 cm³/mol. The van der Waals surface area contributed by atoms with Gasteiger partial charge >= 0.3 is 0 Å². The Morgan fingerprint density at radius 1 is 0.938 bits per heavy atom. The van der Waals surface area contributed by atoms with Gasteiger partial charge in [-0.15, -0.1) is 0 Å². The Morgan fingerprint density at radius 3 is 2.47 bits per heavy atom. The van der Waals surface area contributed by atoms with Gasteiger partial charge in [0.15, 0.2) is 5.16 Å². The van der Waals surface area contributed by atoms with Gasteiger partial charge in [-0.25, -0.2) is 4.98 Å². The second-order valence-corrected chi connectivity index (χ2v) is 9.22. The van der Waals surface area contributed by atoms with Gasteiger partial charge in [0, 0.05) is 5.02 Å². The number of para-hydroxylation sites is 1. The number of thioether (sulfide) groups is 1. The van der Waals surface area contributed by atoms with E-state index in [2.05, 4.69) is 10.3 Å². The number of anilines is 1. The van der Waals surface area contributed by atoms with Crippen molar-refractivity contribution in [2.75, 3.05) is 11.1 Å². The van der Waals surface area contributed by atoms with Crippen molar-refractivity contribution in [3.8, 4) is 5.69 Å². The van der Waals surface area contributed by atoms with Crippen LogP contribution >= 0.6 is 58.2 Å². The summed E-state index contributed by atoms with van der Waals surface area (Å²) < 4.78 is 1.44. The number of nitrogens with one attached hydrogen (secondary N) is 1. The molecule has 1 heterocycles. The fraction of sp³-hybridized carbons (Fsp3) is 0.0455. The number of halogens is 4. The molecule has 1 aromatic heterocycles. The van der Waals surface area contributed by atoms with Crippen LogP contribution < -0.4 is 10.9 Å². The Hall–Kier alpha value is -2.22. The molecule has 0 aliphatic heterocycles. The highest BCUT2D eigenvalue weighted by Crippen LogP contribution is 2.32. The van der Waals surface area contributed by atoms with E-state index in [1.807, 2.05) is 0 Å². The van der Waals surface area contributed by atoms with E-state index >= 15 is 0 Å². The summed E-state index contributed by atoms with van der Waals surface area (Å²) in [5, 5.41) is 4.81. The smallest absolute Gasteiger partial charge is 0.266 e. The third-order valence-corrected chi connectivity index (χ3v) is 6.64. The number of nitrogens with zero attached hydrogens (tertiary/aromatic N) is 2. The molecular weight excluding hydrogens is 512 g/mol. The Balaban J connectivity index is 1.67. The fourth-order valence-electron chi connectivity index (χ4n) is 2.99. The number of hydrogen-bond acceptors (Lipinski definition) is 4. The summed E-state index contributed by atoms with van der Waals surface area (Å²) in [4.78, 5) is 30.4. The van der Waals surface area contributed by atoms with Crippen molar-refractivity contribution in [3.05, 3.63) is 91.1 Å². The van der Waals surface area contributed by atoms with E-state index in [0.717, 1.165) is 11.8 Å². The highest BCUT2D eigenvalue weighted by atomic mass is 35.5.